The minimum atomic E-state index is -0.626. The summed E-state index contributed by atoms with van der Waals surface area (Å²) < 4.78 is 13.5. The SMILES string of the molecule is CCCNc1ncnc(NNC(=O)c2ccccc2F)c1N. The van der Waals surface area contributed by atoms with Gasteiger partial charge >= 0.3 is 0 Å². The predicted molar refractivity (Wildman–Crippen MR) is 82.7 cm³/mol. The zero-order chi connectivity index (χ0) is 15.9. The van der Waals surface area contributed by atoms with Gasteiger partial charge in [0.1, 0.15) is 17.8 Å². The highest BCUT2D eigenvalue weighted by atomic mass is 19.1. The van der Waals surface area contributed by atoms with E-state index in [4.69, 9.17) is 5.73 Å². The molecule has 1 heterocycles. The third-order valence-electron chi connectivity index (χ3n) is 2.84. The van der Waals surface area contributed by atoms with Crippen LogP contribution < -0.4 is 21.9 Å². The summed E-state index contributed by atoms with van der Waals surface area (Å²) in [6, 6.07) is 5.67. The van der Waals surface area contributed by atoms with Crippen LogP contribution in [-0.2, 0) is 0 Å². The van der Waals surface area contributed by atoms with Crippen molar-refractivity contribution in [2.24, 2.45) is 0 Å². The molecule has 5 N–H and O–H groups in total. The van der Waals surface area contributed by atoms with Crippen molar-refractivity contribution in [3.8, 4) is 0 Å². The van der Waals surface area contributed by atoms with E-state index in [1.165, 1.54) is 24.5 Å². The summed E-state index contributed by atoms with van der Waals surface area (Å²) in [6.07, 6.45) is 2.22. The Labute approximate surface area is 127 Å². The smallest absolute Gasteiger partial charge is 0.272 e. The van der Waals surface area contributed by atoms with Gasteiger partial charge in [-0.15, -0.1) is 0 Å². The molecule has 0 bridgehead atoms. The van der Waals surface area contributed by atoms with Crippen LogP contribution >= 0.6 is 0 Å². The number of nitrogen functional groups attached to an aromatic ring is 1. The van der Waals surface area contributed by atoms with Crippen molar-refractivity contribution < 1.29 is 9.18 Å². The van der Waals surface area contributed by atoms with E-state index in [0.29, 0.717) is 12.4 Å². The summed E-state index contributed by atoms with van der Waals surface area (Å²) in [7, 11) is 0. The van der Waals surface area contributed by atoms with Crippen LogP contribution in [0.2, 0.25) is 0 Å². The van der Waals surface area contributed by atoms with Crippen LogP contribution in [0.1, 0.15) is 23.7 Å². The molecule has 0 aliphatic heterocycles. The van der Waals surface area contributed by atoms with E-state index in [0.717, 1.165) is 6.42 Å². The van der Waals surface area contributed by atoms with Gasteiger partial charge in [0, 0.05) is 6.54 Å². The number of hydrogen-bond donors (Lipinski definition) is 4. The number of anilines is 3. The van der Waals surface area contributed by atoms with Crippen molar-refractivity contribution in [1.82, 2.24) is 15.4 Å². The van der Waals surface area contributed by atoms with Crippen LogP contribution in [0.4, 0.5) is 21.7 Å². The van der Waals surface area contributed by atoms with Gasteiger partial charge in [-0.25, -0.2) is 14.4 Å². The molecular weight excluding hydrogens is 287 g/mol. The molecule has 22 heavy (non-hydrogen) atoms. The molecule has 0 saturated heterocycles. The molecule has 0 aliphatic carbocycles. The van der Waals surface area contributed by atoms with Gasteiger partial charge in [-0.1, -0.05) is 19.1 Å². The van der Waals surface area contributed by atoms with Crippen molar-refractivity contribution in [2.45, 2.75) is 13.3 Å². The van der Waals surface area contributed by atoms with Crippen molar-refractivity contribution in [3.05, 3.63) is 42.0 Å². The summed E-state index contributed by atoms with van der Waals surface area (Å²) >= 11 is 0. The number of benzene rings is 1. The number of aromatic nitrogens is 2. The Balaban J connectivity index is 2.05. The minimum absolute atomic E-state index is 0.0769. The third kappa shape index (κ3) is 3.60. The monoisotopic (exact) mass is 304 g/mol. The molecule has 1 amide bonds. The Kier molecular flexibility index (Phi) is 5.07. The summed E-state index contributed by atoms with van der Waals surface area (Å²) in [5, 5.41) is 3.04. The fourth-order valence-electron chi connectivity index (χ4n) is 1.71. The predicted octanol–water partition coefficient (Wildman–Crippen LogP) is 1.78. The van der Waals surface area contributed by atoms with Crippen LogP contribution in [0.25, 0.3) is 0 Å². The van der Waals surface area contributed by atoms with Crippen molar-refractivity contribution >= 4 is 23.2 Å². The van der Waals surface area contributed by atoms with E-state index in [9.17, 15) is 9.18 Å². The molecule has 2 rings (SSSR count). The maximum atomic E-state index is 13.5. The first kappa shape index (κ1) is 15.5. The summed E-state index contributed by atoms with van der Waals surface area (Å²) in [5.41, 5.74) is 11.0. The fraction of sp³-hybridized carbons (Fsp3) is 0.214. The molecule has 2 aromatic rings. The number of carbonyl (C=O) groups is 1. The van der Waals surface area contributed by atoms with Gasteiger partial charge < -0.3 is 11.1 Å². The van der Waals surface area contributed by atoms with Crippen molar-refractivity contribution in [1.29, 1.82) is 0 Å². The Morgan fingerprint density at radius 3 is 2.73 bits per heavy atom. The standard InChI is InChI=1S/C14H17FN6O/c1-2-7-17-12-11(16)13(19-8-18-12)20-21-14(22)9-5-3-4-6-10(9)15/h3-6,8H,2,7,16H2,1H3,(H,21,22)(H2,17,18,19,20). The van der Waals surface area contributed by atoms with E-state index in [1.54, 1.807) is 6.07 Å². The first-order valence-electron chi connectivity index (χ1n) is 6.78. The number of nitrogens with two attached hydrogens (primary N) is 1. The van der Waals surface area contributed by atoms with Crippen LogP contribution in [0.15, 0.2) is 30.6 Å². The maximum Gasteiger partial charge on any atom is 0.272 e. The van der Waals surface area contributed by atoms with Crippen LogP contribution in [0.3, 0.4) is 0 Å². The Morgan fingerprint density at radius 1 is 1.27 bits per heavy atom. The van der Waals surface area contributed by atoms with Gasteiger partial charge in [0.25, 0.3) is 5.91 Å². The number of halogens is 1. The lowest BCUT2D eigenvalue weighted by atomic mass is 10.2. The highest BCUT2D eigenvalue weighted by Crippen LogP contribution is 2.21. The number of carbonyl (C=O) groups excluding carboxylic acids is 1. The maximum absolute atomic E-state index is 13.5. The molecule has 8 heteroatoms. The molecule has 0 spiro atoms. The Bertz CT molecular complexity index is 664. The average molecular weight is 304 g/mol. The van der Waals surface area contributed by atoms with Crippen molar-refractivity contribution in [2.75, 3.05) is 23.0 Å². The number of nitrogens with one attached hydrogen (secondary N) is 3. The first-order valence-corrected chi connectivity index (χ1v) is 6.78. The van der Waals surface area contributed by atoms with E-state index in [1.807, 2.05) is 6.92 Å². The molecule has 0 atom stereocenters. The van der Waals surface area contributed by atoms with E-state index in [2.05, 4.69) is 26.1 Å². The van der Waals surface area contributed by atoms with Gasteiger partial charge in [0.05, 0.1) is 5.56 Å². The van der Waals surface area contributed by atoms with Gasteiger partial charge in [0.2, 0.25) is 0 Å². The molecule has 0 aliphatic rings. The number of amides is 1. The molecule has 0 saturated carbocycles. The molecule has 116 valence electrons. The van der Waals surface area contributed by atoms with Crippen molar-refractivity contribution in [3.63, 3.8) is 0 Å². The normalized spacial score (nSPS) is 10.1. The van der Waals surface area contributed by atoms with Gasteiger partial charge in [0.15, 0.2) is 11.6 Å². The molecule has 1 aromatic heterocycles. The molecule has 0 radical (unpaired) electrons. The second kappa shape index (κ2) is 7.21. The summed E-state index contributed by atoms with van der Waals surface area (Å²) in [4.78, 5) is 19.8. The zero-order valence-electron chi connectivity index (χ0n) is 12.1. The van der Waals surface area contributed by atoms with Gasteiger partial charge in [-0.3, -0.25) is 15.6 Å². The van der Waals surface area contributed by atoms with E-state index < -0.39 is 11.7 Å². The van der Waals surface area contributed by atoms with Crippen LogP contribution in [-0.4, -0.2) is 22.4 Å². The van der Waals surface area contributed by atoms with E-state index >= 15 is 0 Å². The topological polar surface area (TPSA) is 105 Å². The first-order chi connectivity index (χ1) is 10.6. The third-order valence-corrected chi connectivity index (χ3v) is 2.84. The zero-order valence-corrected chi connectivity index (χ0v) is 12.1. The lowest BCUT2D eigenvalue weighted by Crippen LogP contribution is -2.31. The highest BCUT2D eigenvalue weighted by molar-refractivity contribution is 5.95. The lowest BCUT2D eigenvalue weighted by Gasteiger charge is -2.12. The number of rotatable bonds is 6. The highest BCUT2D eigenvalue weighted by Gasteiger charge is 2.12. The molecule has 0 fully saturated rings. The Hall–Kier alpha value is -2.90. The molecule has 7 nitrogen and oxygen atoms in total. The molecule has 0 unspecified atom stereocenters. The second-order valence-corrected chi connectivity index (χ2v) is 4.47. The number of hydrogen-bond acceptors (Lipinski definition) is 6. The van der Waals surface area contributed by atoms with Gasteiger partial charge in [-0.05, 0) is 18.6 Å². The Morgan fingerprint density at radius 2 is 2.00 bits per heavy atom. The van der Waals surface area contributed by atoms with E-state index in [-0.39, 0.29) is 17.1 Å². The largest absolute Gasteiger partial charge is 0.393 e. The number of hydrazine groups is 1. The van der Waals surface area contributed by atoms with Gasteiger partial charge in [-0.2, -0.15) is 0 Å². The minimum Gasteiger partial charge on any atom is -0.393 e. The molecule has 1 aromatic carbocycles. The molecular formula is C14H17FN6O. The summed E-state index contributed by atoms with van der Waals surface area (Å²) in [6.45, 7) is 2.72. The van der Waals surface area contributed by atoms with Crippen LogP contribution in [0.5, 0.6) is 0 Å². The summed E-state index contributed by atoms with van der Waals surface area (Å²) in [5.74, 6) is -0.528. The van der Waals surface area contributed by atoms with Crippen LogP contribution in [0, 0.1) is 5.82 Å². The number of nitrogens with zero attached hydrogens (tertiary/aromatic N) is 2. The quantitative estimate of drug-likeness (QED) is 0.606. The average Bonchev–Trinajstić information content (AvgIpc) is 2.53. The second-order valence-electron chi connectivity index (χ2n) is 4.47. The lowest BCUT2D eigenvalue weighted by molar-refractivity contribution is 0.0958. The fourth-order valence-corrected chi connectivity index (χ4v) is 1.71.